The van der Waals surface area contributed by atoms with Crippen molar-refractivity contribution in [3.63, 3.8) is 0 Å². The lowest BCUT2D eigenvalue weighted by molar-refractivity contribution is 0.414. The molecular formula is C15H14Cl3NO. The number of rotatable bonds is 4. The second kappa shape index (κ2) is 6.68. The van der Waals surface area contributed by atoms with Crippen LogP contribution in [0.25, 0.3) is 0 Å². The maximum absolute atomic E-state index is 6.29. The van der Waals surface area contributed by atoms with Gasteiger partial charge in [0, 0.05) is 0 Å². The Bertz CT molecular complexity index is 616. The van der Waals surface area contributed by atoms with Gasteiger partial charge in [0.25, 0.3) is 0 Å². The molecule has 0 amide bonds. The second-order valence-corrected chi connectivity index (χ2v) is 5.45. The highest BCUT2D eigenvalue weighted by molar-refractivity contribution is 6.42. The van der Waals surface area contributed by atoms with Crippen molar-refractivity contribution in [3.05, 3.63) is 62.6 Å². The number of benzene rings is 2. The molecule has 1 unspecified atom stereocenters. The molecule has 0 heterocycles. The Morgan fingerprint density at radius 3 is 2.45 bits per heavy atom. The minimum atomic E-state index is -0.0904. The first kappa shape index (κ1) is 15.5. The first-order valence-corrected chi connectivity index (χ1v) is 7.16. The monoisotopic (exact) mass is 329 g/mol. The van der Waals surface area contributed by atoms with Crippen LogP contribution in [0.4, 0.5) is 0 Å². The molecule has 0 aromatic heterocycles. The van der Waals surface area contributed by atoms with Gasteiger partial charge >= 0.3 is 0 Å². The molecule has 0 saturated carbocycles. The lowest BCUT2D eigenvalue weighted by atomic mass is 9.98. The third kappa shape index (κ3) is 3.04. The van der Waals surface area contributed by atoms with E-state index in [9.17, 15) is 0 Å². The second-order valence-electron chi connectivity index (χ2n) is 4.26. The van der Waals surface area contributed by atoms with E-state index in [0.29, 0.717) is 20.8 Å². The van der Waals surface area contributed by atoms with E-state index in [2.05, 4.69) is 5.32 Å². The lowest BCUT2D eigenvalue weighted by Crippen LogP contribution is -2.18. The quantitative estimate of drug-likeness (QED) is 0.855. The highest BCUT2D eigenvalue weighted by Gasteiger charge is 2.18. The molecule has 0 saturated heterocycles. The summed E-state index contributed by atoms with van der Waals surface area (Å²) >= 11 is 18.4. The van der Waals surface area contributed by atoms with Crippen LogP contribution in [0.15, 0.2) is 36.4 Å². The topological polar surface area (TPSA) is 21.3 Å². The summed E-state index contributed by atoms with van der Waals surface area (Å²) in [5.41, 5.74) is 1.91. The van der Waals surface area contributed by atoms with Gasteiger partial charge in [-0.1, -0.05) is 53.0 Å². The Morgan fingerprint density at radius 2 is 1.80 bits per heavy atom. The zero-order chi connectivity index (χ0) is 14.7. The van der Waals surface area contributed by atoms with Gasteiger partial charge in [0.2, 0.25) is 0 Å². The zero-order valence-corrected chi connectivity index (χ0v) is 13.4. The molecule has 0 aliphatic heterocycles. The van der Waals surface area contributed by atoms with Crippen LogP contribution in [0.3, 0.4) is 0 Å². The molecule has 2 aromatic rings. The van der Waals surface area contributed by atoms with E-state index in [1.807, 2.05) is 31.3 Å². The summed E-state index contributed by atoms with van der Waals surface area (Å²) in [5, 5.41) is 4.88. The van der Waals surface area contributed by atoms with Gasteiger partial charge in [0.15, 0.2) is 0 Å². The number of methoxy groups -OCH3 is 1. The van der Waals surface area contributed by atoms with Crippen LogP contribution < -0.4 is 10.1 Å². The van der Waals surface area contributed by atoms with E-state index in [4.69, 9.17) is 39.5 Å². The van der Waals surface area contributed by atoms with Crippen molar-refractivity contribution >= 4 is 34.8 Å². The number of ether oxygens (including phenoxy) is 1. The molecule has 2 nitrogen and oxygen atoms in total. The Labute approximate surface area is 133 Å². The van der Waals surface area contributed by atoms with Gasteiger partial charge in [0.05, 0.1) is 28.2 Å². The molecule has 106 valence electrons. The molecule has 0 spiro atoms. The summed E-state index contributed by atoms with van der Waals surface area (Å²) in [7, 11) is 3.45. The standard InChI is InChI=1S/C15H14Cl3NO/c1-19-15(10-4-3-5-12(17)14(10)18)9-6-7-11(16)13(8-9)20-2/h3-8,15,19H,1-2H3. The first-order chi connectivity index (χ1) is 9.58. The normalized spacial score (nSPS) is 12.2. The summed E-state index contributed by atoms with van der Waals surface area (Å²) < 4.78 is 5.25. The van der Waals surface area contributed by atoms with E-state index >= 15 is 0 Å². The average Bonchev–Trinajstić information content (AvgIpc) is 2.45. The van der Waals surface area contributed by atoms with Crippen molar-refractivity contribution < 1.29 is 4.74 Å². The minimum absolute atomic E-state index is 0.0904. The molecule has 0 radical (unpaired) electrons. The molecule has 0 aliphatic carbocycles. The predicted octanol–water partition coefficient (Wildman–Crippen LogP) is 4.96. The van der Waals surface area contributed by atoms with Crippen molar-refractivity contribution in [1.82, 2.24) is 5.32 Å². The molecular weight excluding hydrogens is 317 g/mol. The van der Waals surface area contributed by atoms with Crippen molar-refractivity contribution in [1.29, 1.82) is 0 Å². The molecule has 5 heteroatoms. The number of nitrogens with one attached hydrogen (secondary N) is 1. The van der Waals surface area contributed by atoms with Gasteiger partial charge in [-0.3, -0.25) is 0 Å². The average molecular weight is 331 g/mol. The van der Waals surface area contributed by atoms with Crippen LogP contribution in [-0.2, 0) is 0 Å². The van der Waals surface area contributed by atoms with Crippen molar-refractivity contribution in [2.24, 2.45) is 0 Å². The van der Waals surface area contributed by atoms with E-state index < -0.39 is 0 Å². The Balaban J connectivity index is 2.49. The van der Waals surface area contributed by atoms with Crippen LogP contribution in [0, 0.1) is 0 Å². The van der Waals surface area contributed by atoms with Crippen LogP contribution in [-0.4, -0.2) is 14.2 Å². The number of hydrogen-bond donors (Lipinski definition) is 1. The smallest absolute Gasteiger partial charge is 0.137 e. The largest absolute Gasteiger partial charge is 0.495 e. The summed E-state index contributed by atoms with van der Waals surface area (Å²) in [5.74, 6) is 0.627. The molecule has 1 N–H and O–H groups in total. The summed E-state index contributed by atoms with van der Waals surface area (Å²) in [6.07, 6.45) is 0. The van der Waals surface area contributed by atoms with E-state index in [0.717, 1.165) is 11.1 Å². The predicted molar refractivity (Wildman–Crippen MR) is 85.4 cm³/mol. The van der Waals surface area contributed by atoms with Gasteiger partial charge < -0.3 is 10.1 Å². The van der Waals surface area contributed by atoms with Crippen LogP contribution in [0.2, 0.25) is 15.1 Å². The van der Waals surface area contributed by atoms with Gasteiger partial charge in [0.1, 0.15) is 5.75 Å². The summed E-state index contributed by atoms with van der Waals surface area (Å²) in [4.78, 5) is 0. The van der Waals surface area contributed by atoms with Crippen LogP contribution in [0.1, 0.15) is 17.2 Å². The van der Waals surface area contributed by atoms with Gasteiger partial charge in [-0.05, 0) is 36.4 Å². The van der Waals surface area contributed by atoms with Gasteiger partial charge in [-0.2, -0.15) is 0 Å². The third-order valence-corrected chi connectivity index (χ3v) is 4.24. The lowest BCUT2D eigenvalue weighted by Gasteiger charge is -2.20. The summed E-state index contributed by atoms with van der Waals surface area (Å²) in [6.45, 7) is 0. The number of halogens is 3. The van der Waals surface area contributed by atoms with Crippen LogP contribution in [0.5, 0.6) is 5.75 Å². The fourth-order valence-electron chi connectivity index (χ4n) is 2.10. The van der Waals surface area contributed by atoms with E-state index in [1.165, 1.54) is 0 Å². The van der Waals surface area contributed by atoms with Crippen LogP contribution >= 0.6 is 34.8 Å². The van der Waals surface area contributed by atoms with Gasteiger partial charge in [-0.25, -0.2) is 0 Å². The minimum Gasteiger partial charge on any atom is -0.495 e. The number of hydrogen-bond acceptors (Lipinski definition) is 2. The molecule has 0 fully saturated rings. The van der Waals surface area contributed by atoms with E-state index in [-0.39, 0.29) is 6.04 Å². The molecule has 20 heavy (non-hydrogen) atoms. The Kier molecular flexibility index (Phi) is 5.17. The fraction of sp³-hybridized carbons (Fsp3) is 0.200. The molecule has 2 aromatic carbocycles. The highest BCUT2D eigenvalue weighted by atomic mass is 35.5. The molecule has 0 aliphatic rings. The van der Waals surface area contributed by atoms with E-state index in [1.54, 1.807) is 19.2 Å². The van der Waals surface area contributed by atoms with Gasteiger partial charge in [-0.15, -0.1) is 0 Å². The first-order valence-electron chi connectivity index (χ1n) is 6.03. The Morgan fingerprint density at radius 1 is 1.05 bits per heavy atom. The third-order valence-electron chi connectivity index (χ3n) is 3.09. The molecule has 0 bridgehead atoms. The molecule has 2 rings (SSSR count). The maximum atomic E-state index is 6.29. The van der Waals surface area contributed by atoms with Crippen molar-refractivity contribution in [2.75, 3.05) is 14.2 Å². The highest BCUT2D eigenvalue weighted by Crippen LogP contribution is 2.35. The van der Waals surface area contributed by atoms with Crippen molar-refractivity contribution in [2.45, 2.75) is 6.04 Å². The summed E-state index contributed by atoms with van der Waals surface area (Å²) in [6, 6.07) is 11.1. The van der Waals surface area contributed by atoms with Crippen molar-refractivity contribution in [3.8, 4) is 5.75 Å². The molecule has 1 atom stereocenters. The SMILES string of the molecule is CNC(c1ccc(Cl)c(OC)c1)c1cccc(Cl)c1Cl. The Hall–Kier alpha value is -0.930. The zero-order valence-electron chi connectivity index (χ0n) is 11.1. The maximum Gasteiger partial charge on any atom is 0.137 e. The fourth-order valence-corrected chi connectivity index (χ4v) is 2.71.